The number of nitrogens with zero attached hydrogens (tertiary/aromatic N) is 3. The van der Waals surface area contributed by atoms with Crippen LogP contribution in [-0.2, 0) is 0 Å². The first kappa shape index (κ1) is 18.8. The van der Waals surface area contributed by atoms with E-state index in [1.54, 1.807) is 0 Å². The highest BCUT2D eigenvalue weighted by Crippen LogP contribution is 2.36. The molecule has 0 saturated carbocycles. The van der Waals surface area contributed by atoms with Gasteiger partial charge in [-0.05, 0) is 77.9 Å². The predicted octanol–water partition coefficient (Wildman–Crippen LogP) is 4.71. The molecule has 1 aliphatic heterocycles. The lowest BCUT2D eigenvalue weighted by molar-refractivity contribution is 0.303. The van der Waals surface area contributed by atoms with Gasteiger partial charge in [0.25, 0.3) is 0 Å². The third-order valence-corrected chi connectivity index (χ3v) is 5.45. The summed E-state index contributed by atoms with van der Waals surface area (Å²) in [6.45, 7) is 15.4. The molecule has 0 unspecified atom stereocenters. The van der Waals surface area contributed by atoms with Crippen LogP contribution in [0.25, 0.3) is 0 Å². The number of aryl methyl sites for hydroxylation is 6. The zero-order chi connectivity index (χ0) is 19.2. The summed E-state index contributed by atoms with van der Waals surface area (Å²) in [5.74, 6) is 0. The highest BCUT2D eigenvalue weighted by atomic mass is 15.5. The lowest BCUT2D eigenvalue weighted by atomic mass is 10.0. The largest absolute Gasteiger partial charge is 0.336 e. The molecule has 0 bridgehead atoms. The Morgan fingerprint density at radius 1 is 0.654 bits per heavy atom. The molecule has 1 saturated heterocycles. The molecular weight excluding hydrogens is 318 g/mol. The Morgan fingerprint density at radius 3 is 1.23 bits per heavy atom. The Hall–Kier alpha value is -2.00. The molecule has 3 heteroatoms. The highest BCUT2D eigenvalue weighted by molar-refractivity contribution is 5.67. The molecule has 26 heavy (non-hydrogen) atoms. The van der Waals surface area contributed by atoms with E-state index in [1.807, 2.05) is 0 Å². The summed E-state index contributed by atoms with van der Waals surface area (Å²) in [5, 5.41) is 0. The topological polar surface area (TPSA) is 9.72 Å². The van der Waals surface area contributed by atoms with E-state index in [4.69, 9.17) is 0 Å². The summed E-state index contributed by atoms with van der Waals surface area (Å²) in [4.78, 5) is 7.48. The van der Waals surface area contributed by atoms with Crippen LogP contribution in [0, 0.1) is 41.5 Å². The predicted molar refractivity (Wildman–Crippen MR) is 113 cm³/mol. The zero-order valence-electron chi connectivity index (χ0n) is 17.6. The Kier molecular flexibility index (Phi) is 5.03. The fraction of sp³-hybridized carbons (Fsp3) is 0.478. The SMILES string of the molecule is Cc1cc(C)c(N2CCN(c3c(C)cc(C)cc3C)C2N(C)C)c(C)c1. The first-order valence-electron chi connectivity index (χ1n) is 9.56. The van der Waals surface area contributed by atoms with E-state index in [2.05, 4.69) is 94.6 Å². The normalized spacial score (nSPS) is 15.4. The minimum Gasteiger partial charge on any atom is -0.336 e. The number of benzene rings is 2. The van der Waals surface area contributed by atoms with Crippen LogP contribution in [0.3, 0.4) is 0 Å². The molecule has 0 atom stereocenters. The molecule has 0 amide bonds. The molecule has 2 aromatic carbocycles. The molecule has 0 aromatic heterocycles. The van der Waals surface area contributed by atoms with Gasteiger partial charge in [0.05, 0.1) is 0 Å². The molecule has 0 spiro atoms. The van der Waals surface area contributed by atoms with Crippen LogP contribution in [0.5, 0.6) is 0 Å². The van der Waals surface area contributed by atoms with Crippen LogP contribution in [0.2, 0.25) is 0 Å². The van der Waals surface area contributed by atoms with Gasteiger partial charge in [-0.25, -0.2) is 0 Å². The van der Waals surface area contributed by atoms with Crippen molar-refractivity contribution in [2.24, 2.45) is 0 Å². The summed E-state index contributed by atoms with van der Waals surface area (Å²) in [5.41, 5.74) is 10.9. The minimum absolute atomic E-state index is 0.232. The van der Waals surface area contributed by atoms with E-state index >= 15 is 0 Å². The van der Waals surface area contributed by atoms with Gasteiger partial charge in [-0.15, -0.1) is 0 Å². The van der Waals surface area contributed by atoms with Crippen LogP contribution in [0.1, 0.15) is 33.4 Å². The maximum absolute atomic E-state index is 2.57. The van der Waals surface area contributed by atoms with Crippen LogP contribution in [0.15, 0.2) is 24.3 Å². The van der Waals surface area contributed by atoms with Crippen molar-refractivity contribution in [3.05, 3.63) is 57.6 Å². The van der Waals surface area contributed by atoms with Crippen molar-refractivity contribution in [2.75, 3.05) is 37.0 Å². The number of anilines is 2. The Bertz CT molecular complexity index is 711. The van der Waals surface area contributed by atoms with Gasteiger partial charge in [-0.2, -0.15) is 0 Å². The molecule has 0 N–H and O–H groups in total. The minimum atomic E-state index is 0.232. The number of hydrogen-bond donors (Lipinski definition) is 0. The first-order valence-corrected chi connectivity index (χ1v) is 9.56. The Labute approximate surface area is 159 Å². The van der Waals surface area contributed by atoms with Gasteiger partial charge >= 0.3 is 0 Å². The summed E-state index contributed by atoms with van der Waals surface area (Å²) >= 11 is 0. The first-order chi connectivity index (χ1) is 12.2. The maximum Gasteiger partial charge on any atom is 0.160 e. The second kappa shape index (κ2) is 6.96. The van der Waals surface area contributed by atoms with Crippen molar-refractivity contribution in [3.63, 3.8) is 0 Å². The molecule has 3 rings (SSSR count). The van der Waals surface area contributed by atoms with Gasteiger partial charge in [0, 0.05) is 24.5 Å². The van der Waals surface area contributed by atoms with Crippen molar-refractivity contribution in [1.82, 2.24) is 4.90 Å². The Balaban J connectivity index is 2.08. The van der Waals surface area contributed by atoms with E-state index in [-0.39, 0.29) is 6.29 Å². The van der Waals surface area contributed by atoms with Gasteiger partial charge in [0.1, 0.15) is 0 Å². The molecule has 0 radical (unpaired) electrons. The molecule has 0 aliphatic carbocycles. The van der Waals surface area contributed by atoms with Crippen molar-refractivity contribution < 1.29 is 0 Å². The van der Waals surface area contributed by atoms with Crippen LogP contribution >= 0.6 is 0 Å². The Morgan fingerprint density at radius 2 is 0.962 bits per heavy atom. The fourth-order valence-corrected chi connectivity index (χ4v) is 4.88. The quantitative estimate of drug-likeness (QED) is 0.793. The summed E-state index contributed by atoms with van der Waals surface area (Å²) in [6.07, 6.45) is 0.232. The average molecular weight is 352 g/mol. The second-order valence-electron chi connectivity index (χ2n) is 8.19. The molecule has 3 nitrogen and oxygen atoms in total. The van der Waals surface area contributed by atoms with E-state index in [9.17, 15) is 0 Å². The van der Waals surface area contributed by atoms with Gasteiger partial charge in [0.2, 0.25) is 0 Å². The average Bonchev–Trinajstić information content (AvgIpc) is 2.89. The van der Waals surface area contributed by atoms with Crippen LogP contribution in [-0.4, -0.2) is 38.4 Å². The fourth-order valence-electron chi connectivity index (χ4n) is 4.88. The molecule has 1 heterocycles. The van der Waals surface area contributed by atoms with E-state index in [1.165, 1.54) is 44.8 Å². The van der Waals surface area contributed by atoms with Crippen molar-refractivity contribution in [3.8, 4) is 0 Å². The lowest BCUT2D eigenvalue weighted by Crippen LogP contribution is -2.50. The monoisotopic (exact) mass is 351 g/mol. The number of rotatable bonds is 3. The van der Waals surface area contributed by atoms with Crippen LogP contribution in [0.4, 0.5) is 11.4 Å². The molecule has 2 aromatic rings. The third-order valence-electron chi connectivity index (χ3n) is 5.45. The standard InChI is InChI=1S/C23H33N3/c1-15-11-17(3)21(18(4)12-15)25-9-10-26(23(25)24(7)8)22-19(5)13-16(2)14-20(22)6/h11-14,23H,9-10H2,1-8H3. The lowest BCUT2D eigenvalue weighted by Gasteiger charge is -2.39. The molecular formula is C23H33N3. The highest BCUT2D eigenvalue weighted by Gasteiger charge is 2.36. The van der Waals surface area contributed by atoms with Gasteiger partial charge in [0.15, 0.2) is 6.29 Å². The van der Waals surface area contributed by atoms with Gasteiger partial charge in [-0.3, -0.25) is 4.90 Å². The molecule has 1 aliphatic rings. The van der Waals surface area contributed by atoms with E-state index < -0.39 is 0 Å². The van der Waals surface area contributed by atoms with Gasteiger partial charge < -0.3 is 9.80 Å². The van der Waals surface area contributed by atoms with E-state index in [0.29, 0.717) is 0 Å². The molecule has 140 valence electrons. The molecule has 1 fully saturated rings. The van der Waals surface area contributed by atoms with E-state index in [0.717, 1.165) is 13.1 Å². The zero-order valence-corrected chi connectivity index (χ0v) is 17.6. The number of hydrogen-bond acceptors (Lipinski definition) is 3. The van der Waals surface area contributed by atoms with Crippen LogP contribution < -0.4 is 9.80 Å². The third kappa shape index (κ3) is 3.21. The maximum atomic E-state index is 2.57. The summed E-state index contributed by atoms with van der Waals surface area (Å²) in [7, 11) is 4.38. The van der Waals surface area contributed by atoms with Crippen molar-refractivity contribution >= 4 is 11.4 Å². The summed E-state index contributed by atoms with van der Waals surface area (Å²) in [6, 6.07) is 9.22. The summed E-state index contributed by atoms with van der Waals surface area (Å²) < 4.78 is 0. The second-order valence-corrected chi connectivity index (χ2v) is 8.19. The van der Waals surface area contributed by atoms with Gasteiger partial charge in [-0.1, -0.05) is 35.4 Å². The van der Waals surface area contributed by atoms with Crippen molar-refractivity contribution in [2.45, 2.75) is 47.8 Å². The van der Waals surface area contributed by atoms with Crippen molar-refractivity contribution in [1.29, 1.82) is 0 Å². The smallest absolute Gasteiger partial charge is 0.160 e.